The third-order valence-electron chi connectivity index (χ3n) is 3.09. The highest BCUT2D eigenvalue weighted by molar-refractivity contribution is 8.00. The Morgan fingerprint density at radius 1 is 1.26 bits per heavy atom. The maximum Gasteiger partial charge on any atom is 0.221 e. The van der Waals surface area contributed by atoms with E-state index in [0.29, 0.717) is 15.8 Å². The molecule has 23 heavy (non-hydrogen) atoms. The molecule has 7 heteroatoms. The van der Waals surface area contributed by atoms with E-state index in [2.05, 4.69) is 10.3 Å². The summed E-state index contributed by atoms with van der Waals surface area (Å²) < 4.78 is 1.97. The third kappa shape index (κ3) is 3.98. The number of amides is 1. The van der Waals surface area contributed by atoms with Crippen molar-refractivity contribution in [2.24, 2.45) is 0 Å². The van der Waals surface area contributed by atoms with Gasteiger partial charge in [-0.2, -0.15) is 0 Å². The highest BCUT2D eigenvalue weighted by Gasteiger charge is 2.10. The molecule has 3 aromatic rings. The van der Waals surface area contributed by atoms with Gasteiger partial charge in [0, 0.05) is 28.4 Å². The van der Waals surface area contributed by atoms with Crippen molar-refractivity contribution in [2.75, 3.05) is 5.32 Å². The zero-order valence-corrected chi connectivity index (χ0v) is 15.2. The zero-order chi connectivity index (χ0) is 16.4. The summed E-state index contributed by atoms with van der Waals surface area (Å²) >= 11 is 15.6. The van der Waals surface area contributed by atoms with E-state index in [4.69, 9.17) is 23.2 Å². The van der Waals surface area contributed by atoms with Crippen LogP contribution < -0.4 is 5.32 Å². The van der Waals surface area contributed by atoms with Gasteiger partial charge in [0.05, 0.1) is 10.2 Å². The Balaban J connectivity index is 1.79. The summed E-state index contributed by atoms with van der Waals surface area (Å²) in [5.41, 5.74) is 2.61. The molecule has 0 radical (unpaired) electrons. The smallest absolute Gasteiger partial charge is 0.221 e. The number of rotatable bonds is 4. The molecule has 0 spiro atoms. The van der Waals surface area contributed by atoms with Crippen LogP contribution in [-0.2, 0) is 10.5 Å². The Bertz CT molecular complexity index is 859. The van der Waals surface area contributed by atoms with Gasteiger partial charge >= 0.3 is 0 Å². The van der Waals surface area contributed by atoms with Crippen molar-refractivity contribution in [1.82, 2.24) is 4.98 Å². The molecular weight excluding hydrogens is 371 g/mol. The van der Waals surface area contributed by atoms with Crippen LogP contribution in [0.1, 0.15) is 12.5 Å². The van der Waals surface area contributed by atoms with Crippen molar-refractivity contribution >= 4 is 68.1 Å². The van der Waals surface area contributed by atoms with Gasteiger partial charge in [-0.3, -0.25) is 4.79 Å². The van der Waals surface area contributed by atoms with E-state index in [1.54, 1.807) is 23.1 Å². The third-order valence-corrected chi connectivity index (χ3v) is 5.99. The first-order valence-electron chi connectivity index (χ1n) is 6.77. The maximum atomic E-state index is 11.1. The van der Waals surface area contributed by atoms with Crippen molar-refractivity contribution in [2.45, 2.75) is 17.0 Å². The molecule has 0 saturated carbocycles. The summed E-state index contributed by atoms with van der Waals surface area (Å²) in [5, 5.41) is 4.11. The SMILES string of the molecule is CC(=O)Nc1ccc2nc(SCc3c(Cl)cccc3Cl)sc2c1. The topological polar surface area (TPSA) is 42.0 Å². The lowest BCUT2D eigenvalue weighted by atomic mass is 10.2. The Kier molecular flexibility index (Phi) is 5.11. The Labute approximate surface area is 152 Å². The second-order valence-electron chi connectivity index (χ2n) is 4.83. The fourth-order valence-corrected chi connectivity index (χ4v) is 4.90. The molecule has 1 N–H and O–H groups in total. The quantitative estimate of drug-likeness (QED) is 0.575. The lowest BCUT2D eigenvalue weighted by Crippen LogP contribution is -2.05. The normalized spacial score (nSPS) is 10.9. The first-order valence-corrected chi connectivity index (χ1v) is 9.32. The molecule has 3 nitrogen and oxygen atoms in total. The van der Waals surface area contributed by atoms with Gasteiger partial charge in [0.2, 0.25) is 5.91 Å². The number of carbonyl (C=O) groups excluding carboxylic acids is 1. The van der Waals surface area contributed by atoms with E-state index in [1.807, 2.05) is 36.4 Å². The number of nitrogens with zero attached hydrogens (tertiary/aromatic N) is 1. The molecule has 0 unspecified atom stereocenters. The number of nitrogens with one attached hydrogen (secondary N) is 1. The first-order chi connectivity index (χ1) is 11.0. The number of aromatic nitrogens is 1. The maximum absolute atomic E-state index is 11.1. The summed E-state index contributed by atoms with van der Waals surface area (Å²) in [4.78, 5) is 15.7. The summed E-state index contributed by atoms with van der Waals surface area (Å²) in [6.45, 7) is 1.49. The fraction of sp³-hybridized carbons (Fsp3) is 0.125. The molecule has 0 aliphatic heterocycles. The van der Waals surface area contributed by atoms with Crippen LogP contribution in [0.3, 0.4) is 0 Å². The van der Waals surface area contributed by atoms with E-state index in [9.17, 15) is 4.79 Å². The number of fused-ring (bicyclic) bond motifs is 1. The standard InChI is InChI=1S/C16H12Cl2N2OS2/c1-9(21)19-10-5-6-14-15(7-10)23-16(20-14)22-8-11-12(17)3-2-4-13(11)18/h2-7H,8H2,1H3,(H,19,21). The van der Waals surface area contributed by atoms with Gasteiger partial charge in [0.25, 0.3) is 0 Å². The predicted molar refractivity (Wildman–Crippen MR) is 99.9 cm³/mol. The zero-order valence-electron chi connectivity index (χ0n) is 12.1. The molecule has 0 bridgehead atoms. The number of hydrogen-bond acceptors (Lipinski definition) is 4. The Morgan fingerprint density at radius 2 is 2.00 bits per heavy atom. The van der Waals surface area contributed by atoms with E-state index in [0.717, 1.165) is 25.8 Å². The molecule has 1 aromatic heterocycles. The van der Waals surface area contributed by atoms with Crippen LogP contribution in [0.5, 0.6) is 0 Å². The van der Waals surface area contributed by atoms with Crippen LogP contribution in [-0.4, -0.2) is 10.9 Å². The van der Waals surface area contributed by atoms with Crippen molar-refractivity contribution < 1.29 is 4.79 Å². The Morgan fingerprint density at radius 3 is 2.70 bits per heavy atom. The largest absolute Gasteiger partial charge is 0.326 e. The monoisotopic (exact) mass is 382 g/mol. The van der Waals surface area contributed by atoms with Crippen LogP contribution in [0.15, 0.2) is 40.7 Å². The van der Waals surface area contributed by atoms with E-state index < -0.39 is 0 Å². The van der Waals surface area contributed by atoms with Crippen molar-refractivity contribution in [3.8, 4) is 0 Å². The van der Waals surface area contributed by atoms with Crippen molar-refractivity contribution in [3.05, 3.63) is 52.0 Å². The first kappa shape index (κ1) is 16.6. The number of anilines is 1. The molecule has 118 valence electrons. The van der Waals surface area contributed by atoms with Crippen LogP contribution in [0, 0.1) is 0 Å². The number of thiazole rings is 1. The van der Waals surface area contributed by atoms with E-state index >= 15 is 0 Å². The van der Waals surface area contributed by atoms with Crippen LogP contribution in [0.25, 0.3) is 10.2 Å². The van der Waals surface area contributed by atoms with Gasteiger partial charge in [0.15, 0.2) is 4.34 Å². The molecule has 1 amide bonds. The highest BCUT2D eigenvalue weighted by Crippen LogP contribution is 2.35. The summed E-state index contributed by atoms with van der Waals surface area (Å²) in [5.74, 6) is 0.577. The molecule has 3 rings (SSSR count). The van der Waals surface area contributed by atoms with Crippen molar-refractivity contribution in [3.63, 3.8) is 0 Å². The van der Waals surface area contributed by atoms with E-state index in [-0.39, 0.29) is 5.91 Å². The lowest BCUT2D eigenvalue weighted by molar-refractivity contribution is -0.114. The number of thioether (sulfide) groups is 1. The summed E-state index contributed by atoms with van der Waals surface area (Å²) in [7, 11) is 0. The number of hydrogen-bond donors (Lipinski definition) is 1. The summed E-state index contributed by atoms with van der Waals surface area (Å²) in [6.07, 6.45) is 0. The van der Waals surface area contributed by atoms with Gasteiger partial charge in [-0.05, 0) is 35.9 Å². The number of halogens is 2. The molecule has 0 saturated heterocycles. The molecule has 1 heterocycles. The second-order valence-corrected chi connectivity index (χ2v) is 7.90. The minimum absolute atomic E-state index is 0.0863. The van der Waals surface area contributed by atoms with Crippen LogP contribution in [0.4, 0.5) is 5.69 Å². The minimum atomic E-state index is -0.0863. The molecule has 0 atom stereocenters. The second kappa shape index (κ2) is 7.09. The van der Waals surface area contributed by atoms with Gasteiger partial charge in [-0.1, -0.05) is 41.0 Å². The average Bonchev–Trinajstić information content (AvgIpc) is 2.88. The highest BCUT2D eigenvalue weighted by atomic mass is 35.5. The molecule has 0 aliphatic carbocycles. The average molecular weight is 383 g/mol. The Hall–Kier alpha value is -1.27. The van der Waals surface area contributed by atoms with Gasteiger partial charge in [-0.15, -0.1) is 11.3 Å². The molecule has 2 aromatic carbocycles. The molecule has 0 fully saturated rings. The minimum Gasteiger partial charge on any atom is -0.326 e. The van der Waals surface area contributed by atoms with Crippen LogP contribution >= 0.6 is 46.3 Å². The number of carbonyl (C=O) groups is 1. The summed E-state index contributed by atoms with van der Waals surface area (Å²) in [6, 6.07) is 11.2. The van der Waals surface area contributed by atoms with Crippen LogP contribution in [0.2, 0.25) is 10.0 Å². The number of benzene rings is 2. The molecule has 0 aliphatic rings. The van der Waals surface area contributed by atoms with Crippen molar-refractivity contribution in [1.29, 1.82) is 0 Å². The predicted octanol–water partition coefficient (Wildman–Crippen LogP) is 5.85. The van der Waals surface area contributed by atoms with Gasteiger partial charge in [0.1, 0.15) is 0 Å². The van der Waals surface area contributed by atoms with E-state index in [1.165, 1.54) is 6.92 Å². The lowest BCUT2D eigenvalue weighted by Gasteiger charge is -2.04. The van der Waals surface area contributed by atoms with Gasteiger partial charge in [-0.25, -0.2) is 4.98 Å². The van der Waals surface area contributed by atoms with Gasteiger partial charge < -0.3 is 5.32 Å². The molecular formula is C16H12Cl2N2OS2. The fourth-order valence-electron chi connectivity index (χ4n) is 2.05.